The van der Waals surface area contributed by atoms with Crippen LogP contribution in [0.2, 0.25) is 0 Å². The van der Waals surface area contributed by atoms with Gasteiger partial charge >= 0.3 is 0 Å². The average molecular weight is 254 g/mol. The van der Waals surface area contributed by atoms with Crippen molar-refractivity contribution in [2.24, 2.45) is 5.92 Å². The average Bonchev–Trinajstić information content (AvgIpc) is 2.34. The maximum absolute atomic E-state index is 12.1. The first kappa shape index (κ1) is 15.5. The molecular weight excluding hydrogens is 224 g/mol. The number of nitrogens with zero attached hydrogens (tertiary/aromatic N) is 1. The van der Waals surface area contributed by atoms with Crippen molar-refractivity contribution in [2.45, 2.75) is 71.4 Å². The van der Waals surface area contributed by atoms with Gasteiger partial charge in [0.15, 0.2) is 0 Å². The van der Waals surface area contributed by atoms with Crippen molar-refractivity contribution in [3.8, 4) is 0 Å². The molecule has 1 aliphatic carbocycles. The maximum atomic E-state index is 12.1. The Morgan fingerprint density at radius 1 is 1.33 bits per heavy atom. The van der Waals surface area contributed by atoms with Crippen LogP contribution in [0.15, 0.2) is 0 Å². The summed E-state index contributed by atoms with van der Waals surface area (Å²) in [7, 11) is 1.99. The lowest BCUT2D eigenvalue weighted by molar-refractivity contribution is -0.133. The van der Waals surface area contributed by atoms with E-state index >= 15 is 0 Å². The van der Waals surface area contributed by atoms with Crippen molar-refractivity contribution in [1.82, 2.24) is 10.2 Å². The Balaban J connectivity index is 2.27. The van der Waals surface area contributed by atoms with Gasteiger partial charge in [-0.3, -0.25) is 4.79 Å². The van der Waals surface area contributed by atoms with Gasteiger partial charge in [-0.25, -0.2) is 0 Å². The predicted molar refractivity (Wildman–Crippen MR) is 76.6 cm³/mol. The van der Waals surface area contributed by atoms with Crippen molar-refractivity contribution < 1.29 is 4.79 Å². The van der Waals surface area contributed by atoms with Gasteiger partial charge in [-0.1, -0.05) is 33.6 Å². The fourth-order valence-corrected chi connectivity index (χ4v) is 2.86. The molecule has 1 saturated carbocycles. The van der Waals surface area contributed by atoms with Crippen LogP contribution in [-0.4, -0.2) is 36.5 Å². The van der Waals surface area contributed by atoms with Crippen molar-refractivity contribution in [1.29, 1.82) is 0 Å². The van der Waals surface area contributed by atoms with Gasteiger partial charge in [-0.15, -0.1) is 0 Å². The summed E-state index contributed by atoms with van der Waals surface area (Å²) < 4.78 is 0. The van der Waals surface area contributed by atoms with Gasteiger partial charge in [-0.05, 0) is 31.7 Å². The van der Waals surface area contributed by atoms with Gasteiger partial charge in [-0.2, -0.15) is 0 Å². The smallest absolute Gasteiger partial charge is 0.222 e. The van der Waals surface area contributed by atoms with Crippen LogP contribution < -0.4 is 5.32 Å². The molecule has 1 fully saturated rings. The molecule has 1 aliphatic rings. The van der Waals surface area contributed by atoms with Crippen LogP contribution >= 0.6 is 0 Å². The van der Waals surface area contributed by atoms with Crippen molar-refractivity contribution >= 4 is 5.91 Å². The molecule has 106 valence electrons. The number of hydrogen-bond acceptors (Lipinski definition) is 2. The summed E-state index contributed by atoms with van der Waals surface area (Å²) >= 11 is 0. The van der Waals surface area contributed by atoms with E-state index in [4.69, 9.17) is 0 Å². The lowest BCUT2D eigenvalue weighted by Gasteiger charge is -2.36. The van der Waals surface area contributed by atoms with Gasteiger partial charge in [0.2, 0.25) is 5.91 Å². The van der Waals surface area contributed by atoms with E-state index in [2.05, 4.69) is 26.1 Å². The Morgan fingerprint density at radius 3 is 2.61 bits per heavy atom. The molecule has 0 heterocycles. The molecule has 1 amide bonds. The minimum atomic E-state index is 0.319. The largest absolute Gasteiger partial charge is 0.343 e. The lowest BCUT2D eigenvalue weighted by atomic mass is 9.85. The van der Waals surface area contributed by atoms with Crippen LogP contribution in [0.4, 0.5) is 0 Å². The van der Waals surface area contributed by atoms with Crippen molar-refractivity contribution in [3.05, 3.63) is 0 Å². The van der Waals surface area contributed by atoms with Crippen LogP contribution in [0.5, 0.6) is 0 Å². The van der Waals surface area contributed by atoms with Gasteiger partial charge in [0.25, 0.3) is 0 Å². The third-order valence-corrected chi connectivity index (χ3v) is 4.08. The summed E-state index contributed by atoms with van der Waals surface area (Å²) in [6.45, 7) is 7.50. The minimum Gasteiger partial charge on any atom is -0.343 e. The minimum absolute atomic E-state index is 0.319. The van der Waals surface area contributed by atoms with E-state index in [0.717, 1.165) is 13.0 Å². The van der Waals surface area contributed by atoms with E-state index in [1.54, 1.807) is 0 Å². The first-order chi connectivity index (χ1) is 8.52. The van der Waals surface area contributed by atoms with Gasteiger partial charge in [0.1, 0.15) is 0 Å². The quantitative estimate of drug-likeness (QED) is 0.739. The second-order valence-corrected chi connectivity index (χ2v) is 6.05. The second-order valence-electron chi connectivity index (χ2n) is 6.05. The topological polar surface area (TPSA) is 32.3 Å². The molecule has 2 unspecified atom stereocenters. The summed E-state index contributed by atoms with van der Waals surface area (Å²) in [5.41, 5.74) is 0. The van der Waals surface area contributed by atoms with Crippen LogP contribution in [0.3, 0.4) is 0 Å². The molecule has 0 saturated heterocycles. The molecule has 0 bridgehead atoms. The summed E-state index contributed by atoms with van der Waals surface area (Å²) in [5, 5.41) is 3.36. The molecule has 0 spiro atoms. The van der Waals surface area contributed by atoms with Gasteiger partial charge in [0.05, 0.1) is 0 Å². The molecule has 3 nitrogen and oxygen atoms in total. The van der Waals surface area contributed by atoms with E-state index in [1.165, 1.54) is 25.7 Å². The fraction of sp³-hybridized carbons (Fsp3) is 0.933. The normalized spacial score (nSPS) is 24.3. The Labute approximate surface area is 112 Å². The third-order valence-electron chi connectivity index (χ3n) is 4.08. The highest BCUT2D eigenvalue weighted by Crippen LogP contribution is 2.27. The monoisotopic (exact) mass is 254 g/mol. The van der Waals surface area contributed by atoms with E-state index in [0.29, 0.717) is 30.3 Å². The van der Waals surface area contributed by atoms with Crippen LogP contribution in [0.1, 0.15) is 59.3 Å². The standard InChI is InChI=1S/C15H30N2O/c1-12(2)16-11-7-10-15(18)17(4)14-9-6-5-8-13(14)3/h12-14,16H,5-11H2,1-4H3. The maximum Gasteiger partial charge on any atom is 0.222 e. The zero-order valence-electron chi connectivity index (χ0n) is 12.5. The number of hydrogen-bond donors (Lipinski definition) is 1. The molecule has 0 aromatic rings. The molecular formula is C15H30N2O. The Morgan fingerprint density at radius 2 is 2.00 bits per heavy atom. The Bertz CT molecular complexity index is 253. The van der Waals surface area contributed by atoms with Crippen LogP contribution in [0, 0.1) is 5.92 Å². The van der Waals surface area contributed by atoms with E-state index in [-0.39, 0.29) is 0 Å². The zero-order chi connectivity index (χ0) is 13.5. The number of carbonyl (C=O) groups excluding carboxylic acids is 1. The highest BCUT2D eigenvalue weighted by atomic mass is 16.2. The molecule has 0 radical (unpaired) electrons. The number of nitrogens with one attached hydrogen (secondary N) is 1. The molecule has 0 aromatic carbocycles. The molecule has 0 aliphatic heterocycles. The number of carbonyl (C=O) groups is 1. The Hall–Kier alpha value is -0.570. The van der Waals surface area contributed by atoms with Gasteiger partial charge in [0, 0.05) is 25.6 Å². The Kier molecular flexibility index (Phi) is 6.69. The highest BCUT2D eigenvalue weighted by Gasteiger charge is 2.27. The van der Waals surface area contributed by atoms with Crippen molar-refractivity contribution in [3.63, 3.8) is 0 Å². The first-order valence-electron chi connectivity index (χ1n) is 7.51. The molecule has 2 atom stereocenters. The van der Waals surface area contributed by atoms with E-state index in [1.807, 2.05) is 11.9 Å². The summed E-state index contributed by atoms with van der Waals surface area (Å²) in [4.78, 5) is 14.1. The fourth-order valence-electron chi connectivity index (χ4n) is 2.86. The third kappa shape index (κ3) is 4.97. The SMILES string of the molecule is CC(C)NCCCC(=O)N(C)C1CCCCC1C. The zero-order valence-corrected chi connectivity index (χ0v) is 12.5. The molecule has 0 aromatic heterocycles. The van der Waals surface area contributed by atoms with Crippen LogP contribution in [-0.2, 0) is 4.79 Å². The summed E-state index contributed by atoms with van der Waals surface area (Å²) in [5.74, 6) is 0.987. The number of amides is 1. The van der Waals surface area contributed by atoms with E-state index < -0.39 is 0 Å². The molecule has 1 N–H and O–H groups in total. The highest BCUT2D eigenvalue weighted by molar-refractivity contribution is 5.76. The van der Waals surface area contributed by atoms with Crippen molar-refractivity contribution in [2.75, 3.05) is 13.6 Å². The lowest BCUT2D eigenvalue weighted by Crippen LogP contribution is -2.42. The van der Waals surface area contributed by atoms with E-state index in [9.17, 15) is 4.79 Å². The summed E-state index contributed by atoms with van der Waals surface area (Å²) in [6, 6.07) is 0.987. The molecule has 18 heavy (non-hydrogen) atoms. The first-order valence-corrected chi connectivity index (χ1v) is 7.51. The van der Waals surface area contributed by atoms with Crippen LogP contribution in [0.25, 0.3) is 0 Å². The van der Waals surface area contributed by atoms with Gasteiger partial charge < -0.3 is 10.2 Å². The predicted octanol–water partition coefficient (Wildman–Crippen LogP) is 2.80. The molecule has 3 heteroatoms. The second kappa shape index (κ2) is 7.78. The molecule has 1 rings (SSSR count). The summed E-state index contributed by atoms with van der Waals surface area (Å²) in [6.07, 6.45) is 6.70. The number of rotatable bonds is 6.